The first-order valence-corrected chi connectivity index (χ1v) is 11.5. The molecule has 0 amide bonds. The number of ether oxygens (including phenoxy) is 3. The van der Waals surface area contributed by atoms with Gasteiger partial charge in [-0.2, -0.15) is 0 Å². The van der Waals surface area contributed by atoms with Crippen LogP contribution in [0.25, 0.3) is 0 Å². The molecule has 0 radical (unpaired) electrons. The number of nitrogens with zero attached hydrogens (tertiary/aromatic N) is 1. The molecule has 2 unspecified atom stereocenters. The van der Waals surface area contributed by atoms with Crippen molar-refractivity contribution >= 4 is 17.6 Å². The lowest BCUT2D eigenvalue weighted by molar-refractivity contribution is -0.140. The van der Waals surface area contributed by atoms with Gasteiger partial charge in [0.1, 0.15) is 24.2 Å². The van der Waals surface area contributed by atoms with Crippen LogP contribution in [0.15, 0.2) is 48.5 Å². The van der Waals surface area contributed by atoms with Crippen molar-refractivity contribution in [1.29, 1.82) is 0 Å². The number of rotatable bonds is 11. The van der Waals surface area contributed by atoms with E-state index in [2.05, 4.69) is 4.90 Å². The second kappa shape index (κ2) is 12.7. The second-order valence-electron chi connectivity index (χ2n) is 8.18. The number of likely N-dealkylation sites (tertiary alicyclic amines) is 1. The molecule has 174 valence electrons. The first kappa shape index (κ1) is 24.4. The molecule has 0 aliphatic carbocycles. The van der Waals surface area contributed by atoms with E-state index in [1.807, 2.05) is 48.5 Å². The number of para-hydroxylation sites is 1. The molecular formula is C25H32ClNO5. The molecule has 2 atom stereocenters. The van der Waals surface area contributed by atoms with Gasteiger partial charge in [0.25, 0.3) is 0 Å². The van der Waals surface area contributed by atoms with E-state index in [-0.39, 0.29) is 12.6 Å². The van der Waals surface area contributed by atoms with Crippen LogP contribution >= 0.6 is 11.6 Å². The normalized spacial score (nSPS) is 17.5. The maximum atomic E-state index is 11.4. The van der Waals surface area contributed by atoms with Crippen molar-refractivity contribution in [2.45, 2.75) is 31.8 Å². The summed E-state index contributed by atoms with van der Waals surface area (Å²) in [6, 6.07) is 15.0. The maximum Gasteiger partial charge on any atom is 0.305 e. The molecule has 1 N–H and O–H groups in total. The van der Waals surface area contributed by atoms with E-state index in [1.165, 1.54) is 7.11 Å². The number of hydrogen-bond donors (Lipinski definition) is 1. The van der Waals surface area contributed by atoms with Gasteiger partial charge in [0.15, 0.2) is 0 Å². The predicted octanol–water partition coefficient (Wildman–Crippen LogP) is 3.98. The largest absolute Gasteiger partial charge is 0.493 e. The number of piperidine rings is 1. The lowest BCUT2D eigenvalue weighted by Gasteiger charge is -2.33. The van der Waals surface area contributed by atoms with E-state index < -0.39 is 6.10 Å². The number of esters is 1. The monoisotopic (exact) mass is 461 g/mol. The molecule has 0 bridgehead atoms. The molecule has 6 nitrogen and oxygen atoms in total. The fourth-order valence-electron chi connectivity index (χ4n) is 3.92. The van der Waals surface area contributed by atoms with Crippen LogP contribution in [0, 0.1) is 5.92 Å². The highest BCUT2D eigenvalue weighted by molar-refractivity contribution is 6.30. The summed E-state index contributed by atoms with van der Waals surface area (Å²) in [4.78, 5) is 13.7. The Labute approximate surface area is 195 Å². The average Bonchev–Trinajstić information content (AvgIpc) is 2.81. The average molecular weight is 462 g/mol. The number of halogens is 1. The highest BCUT2D eigenvalue weighted by atomic mass is 35.5. The minimum absolute atomic E-state index is 0.206. The Balaban J connectivity index is 1.42. The summed E-state index contributed by atoms with van der Waals surface area (Å²) >= 11 is 5.92. The topological polar surface area (TPSA) is 68.2 Å². The van der Waals surface area contributed by atoms with Gasteiger partial charge in [0.05, 0.1) is 13.7 Å². The van der Waals surface area contributed by atoms with Crippen LogP contribution in [0.4, 0.5) is 0 Å². The van der Waals surface area contributed by atoms with Gasteiger partial charge in [-0.15, -0.1) is 0 Å². The van der Waals surface area contributed by atoms with Crippen molar-refractivity contribution in [2.24, 2.45) is 5.92 Å². The van der Waals surface area contributed by atoms with Gasteiger partial charge in [-0.25, -0.2) is 0 Å². The second-order valence-corrected chi connectivity index (χ2v) is 8.62. The quantitative estimate of drug-likeness (QED) is 0.510. The third kappa shape index (κ3) is 8.01. The van der Waals surface area contributed by atoms with Crippen molar-refractivity contribution < 1.29 is 24.1 Å². The fraction of sp³-hybridized carbons (Fsp3) is 0.480. The summed E-state index contributed by atoms with van der Waals surface area (Å²) in [5.74, 6) is 1.69. The number of methoxy groups -OCH3 is 1. The van der Waals surface area contributed by atoms with Gasteiger partial charge < -0.3 is 24.2 Å². The third-order valence-corrected chi connectivity index (χ3v) is 5.85. The van der Waals surface area contributed by atoms with Crippen molar-refractivity contribution in [3.63, 3.8) is 0 Å². The Morgan fingerprint density at radius 3 is 2.75 bits per heavy atom. The molecule has 7 heteroatoms. The molecule has 0 spiro atoms. The molecule has 1 aliphatic heterocycles. The maximum absolute atomic E-state index is 11.4. The van der Waals surface area contributed by atoms with E-state index in [0.29, 0.717) is 42.7 Å². The van der Waals surface area contributed by atoms with Crippen LogP contribution in [-0.4, -0.2) is 62.0 Å². The highest BCUT2D eigenvalue weighted by Crippen LogP contribution is 2.22. The number of benzene rings is 2. The van der Waals surface area contributed by atoms with E-state index in [1.54, 1.807) is 0 Å². The van der Waals surface area contributed by atoms with Crippen molar-refractivity contribution in [2.75, 3.05) is 40.0 Å². The minimum atomic E-state index is -0.598. The Bertz CT molecular complexity index is 844. The number of carbonyl (C=O) groups excluding carboxylic acids is 1. The van der Waals surface area contributed by atoms with E-state index in [0.717, 1.165) is 37.2 Å². The number of carbonyl (C=O) groups is 1. The minimum Gasteiger partial charge on any atom is -0.493 e. The molecule has 2 aromatic carbocycles. The van der Waals surface area contributed by atoms with Crippen LogP contribution in [0.5, 0.6) is 11.5 Å². The zero-order valence-corrected chi connectivity index (χ0v) is 19.3. The molecule has 1 fully saturated rings. The van der Waals surface area contributed by atoms with Gasteiger partial charge in [-0.05, 0) is 61.7 Å². The van der Waals surface area contributed by atoms with Gasteiger partial charge in [-0.1, -0.05) is 29.8 Å². The van der Waals surface area contributed by atoms with Gasteiger partial charge >= 0.3 is 5.97 Å². The van der Waals surface area contributed by atoms with Crippen molar-refractivity contribution in [3.05, 3.63) is 59.1 Å². The van der Waals surface area contributed by atoms with Gasteiger partial charge in [-0.3, -0.25) is 4.79 Å². The summed E-state index contributed by atoms with van der Waals surface area (Å²) in [7, 11) is 1.38. The number of hydrogen-bond acceptors (Lipinski definition) is 6. The Kier molecular flexibility index (Phi) is 9.65. The zero-order chi connectivity index (χ0) is 22.8. The van der Waals surface area contributed by atoms with E-state index in [9.17, 15) is 9.90 Å². The van der Waals surface area contributed by atoms with E-state index >= 15 is 0 Å². The molecule has 3 rings (SSSR count). The Hall–Kier alpha value is -2.28. The van der Waals surface area contributed by atoms with Gasteiger partial charge in [0.2, 0.25) is 0 Å². The Morgan fingerprint density at radius 1 is 1.19 bits per heavy atom. The van der Waals surface area contributed by atoms with Crippen molar-refractivity contribution in [1.82, 2.24) is 4.90 Å². The highest BCUT2D eigenvalue weighted by Gasteiger charge is 2.23. The molecule has 0 aromatic heterocycles. The van der Waals surface area contributed by atoms with Crippen LogP contribution in [0.1, 0.15) is 24.8 Å². The molecule has 2 aromatic rings. The number of aliphatic hydroxyl groups is 1. The number of β-amino-alcohol motifs (C(OH)–C–C–N with tert-alkyl or cyclic N) is 1. The first-order valence-electron chi connectivity index (χ1n) is 11.1. The first-order chi connectivity index (χ1) is 15.5. The fourth-order valence-corrected chi connectivity index (χ4v) is 4.05. The Morgan fingerprint density at radius 2 is 1.97 bits per heavy atom. The molecule has 1 heterocycles. The molecule has 1 saturated heterocycles. The molecule has 1 aliphatic rings. The number of aryl methyl sites for hydroxylation is 1. The lowest BCUT2D eigenvalue weighted by atomic mass is 9.98. The van der Waals surface area contributed by atoms with Crippen LogP contribution in [0.2, 0.25) is 5.02 Å². The van der Waals surface area contributed by atoms with Crippen LogP contribution in [-0.2, 0) is 16.0 Å². The van der Waals surface area contributed by atoms with E-state index in [4.69, 9.17) is 25.8 Å². The molecule has 32 heavy (non-hydrogen) atoms. The number of aliphatic hydroxyl groups excluding tert-OH is 1. The van der Waals surface area contributed by atoms with Gasteiger partial charge in [0, 0.05) is 30.5 Å². The zero-order valence-electron chi connectivity index (χ0n) is 18.5. The summed E-state index contributed by atoms with van der Waals surface area (Å²) in [6.45, 7) is 3.27. The standard InChI is InChI=1S/C25H32ClNO5/c1-30-25(29)13-8-20-6-2-3-7-24(20)32-18-22(28)16-27-14-4-5-19(15-27)17-31-23-11-9-21(26)10-12-23/h2-3,6-7,9-12,19,22,28H,4-5,8,13-18H2,1H3. The predicted molar refractivity (Wildman–Crippen MR) is 124 cm³/mol. The third-order valence-electron chi connectivity index (χ3n) is 5.60. The summed E-state index contributed by atoms with van der Waals surface area (Å²) in [6.07, 6.45) is 2.44. The van der Waals surface area contributed by atoms with Crippen LogP contribution in [0.3, 0.4) is 0 Å². The van der Waals surface area contributed by atoms with Crippen LogP contribution < -0.4 is 9.47 Å². The summed E-state index contributed by atoms with van der Waals surface area (Å²) in [5, 5.41) is 11.2. The van der Waals surface area contributed by atoms with Crippen molar-refractivity contribution in [3.8, 4) is 11.5 Å². The molecule has 0 saturated carbocycles. The lowest BCUT2D eigenvalue weighted by Crippen LogP contribution is -2.43. The summed E-state index contributed by atoms with van der Waals surface area (Å²) < 4.78 is 16.5. The molecular weight excluding hydrogens is 430 g/mol. The summed E-state index contributed by atoms with van der Waals surface area (Å²) in [5.41, 5.74) is 0.933. The SMILES string of the molecule is COC(=O)CCc1ccccc1OCC(O)CN1CCCC(COc2ccc(Cl)cc2)C1. The smallest absolute Gasteiger partial charge is 0.305 e.